The Morgan fingerprint density at radius 2 is 2.00 bits per heavy atom. The van der Waals surface area contributed by atoms with Crippen molar-refractivity contribution in [2.24, 2.45) is 0 Å². The Morgan fingerprint density at radius 3 is 2.56 bits per heavy atom. The van der Waals surface area contributed by atoms with E-state index < -0.39 is 0 Å². The molecule has 0 amide bonds. The lowest BCUT2D eigenvalue weighted by molar-refractivity contribution is 0.319. The van der Waals surface area contributed by atoms with Gasteiger partial charge < -0.3 is 15.8 Å². The second kappa shape index (κ2) is 6.64. The number of rotatable bonds is 6. The molecule has 0 fully saturated rings. The van der Waals surface area contributed by atoms with E-state index in [1.807, 2.05) is 12.1 Å². The molecule has 3 nitrogen and oxygen atoms in total. The first-order chi connectivity index (χ1) is 8.42. The first kappa shape index (κ1) is 14.8. The monoisotopic (exact) mass is 250 g/mol. The third kappa shape index (κ3) is 5.41. The standard InChI is InChI=1S/C15H26N2O/c1-5-10-18-14-7-6-12(11-13(14)16)8-9-17-15(2,3)4/h6-7,11,17H,5,8-10,16H2,1-4H3. The van der Waals surface area contributed by atoms with Crippen LogP contribution < -0.4 is 15.8 Å². The molecule has 3 N–H and O–H groups in total. The molecule has 3 heteroatoms. The van der Waals surface area contributed by atoms with Crippen molar-refractivity contribution < 1.29 is 4.74 Å². The van der Waals surface area contributed by atoms with Crippen LogP contribution in [0.3, 0.4) is 0 Å². The van der Waals surface area contributed by atoms with Crippen molar-refractivity contribution in [3.05, 3.63) is 23.8 Å². The van der Waals surface area contributed by atoms with Gasteiger partial charge in [-0.2, -0.15) is 0 Å². The molecular formula is C15H26N2O. The van der Waals surface area contributed by atoms with Crippen LogP contribution in [0.5, 0.6) is 5.75 Å². The van der Waals surface area contributed by atoms with Crippen LogP contribution in [0.4, 0.5) is 5.69 Å². The molecule has 0 saturated heterocycles. The Morgan fingerprint density at radius 1 is 1.28 bits per heavy atom. The quantitative estimate of drug-likeness (QED) is 0.763. The lowest BCUT2D eigenvalue weighted by atomic mass is 10.1. The van der Waals surface area contributed by atoms with Gasteiger partial charge in [0.15, 0.2) is 0 Å². The Hall–Kier alpha value is -1.22. The van der Waals surface area contributed by atoms with Crippen LogP contribution in [0.25, 0.3) is 0 Å². The Balaban J connectivity index is 2.51. The largest absolute Gasteiger partial charge is 0.491 e. The van der Waals surface area contributed by atoms with Crippen LogP contribution in [-0.4, -0.2) is 18.7 Å². The van der Waals surface area contributed by atoms with Crippen molar-refractivity contribution in [2.75, 3.05) is 18.9 Å². The molecule has 0 unspecified atom stereocenters. The highest BCUT2D eigenvalue weighted by atomic mass is 16.5. The Labute approximate surface area is 111 Å². The summed E-state index contributed by atoms with van der Waals surface area (Å²) in [6, 6.07) is 6.07. The third-order valence-corrected chi connectivity index (χ3v) is 2.60. The summed E-state index contributed by atoms with van der Waals surface area (Å²) in [7, 11) is 0. The summed E-state index contributed by atoms with van der Waals surface area (Å²) < 4.78 is 5.56. The fourth-order valence-electron chi connectivity index (χ4n) is 1.68. The molecule has 1 aromatic carbocycles. The summed E-state index contributed by atoms with van der Waals surface area (Å²) in [5, 5.41) is 3.47. The zero-order valence-corrected chi connectivity index (χ0v) is 12.0. The Bertz CT molecular complexity index is 369. The number of nitrogen functional groups attached to an aromatic ring is 1. The van der Waals surface area contributed by atoms with E-state index in [1.165, 1.54) is 5.56 Å². The van der Waals surface area contributed by atoms with E-state index >= 15 is 0 Å². The molecule has 0 atom stereocenters. The molecule has 0 spiro atoms. The molecule has 0 aliphatic rings. The molecule has 102 valence electrons. The minimum atomic E-state index is 0.162. The first-order valence-corrected chi connectivity index (χ1v) is 6.68. The van der Waals surface area contributed by atoms with Gasteiger partial charge in [-0.05, 0) is 57.9 Å². The van der Waals surface area contributed by atoms with Gasteiger partial charge >= 0.3 is 0 Å². The lowest BCUT2D eigenvalue weighted by Gasteiger charge is -2.20. The van der Waals surface area contributed by atoms with Gasteiger partial charge in [-0.3, -0.25) is 0 Å². The van der Waals surface area contributed by atoms with Gasteiger partial charge in [0, 0.05) is 5.54 Å². The number of anilines is 1. The fraction of sp³-hybridized carbons (Fsp3) is 0.600. The van der Waals surface area contributed by atoms with Crippen molar-refractivity contribution in [1.82, 2.24) is 5.32 Å². The van der Waals surface area contributed by atoms with Crippen LogP contribution in [0.1, 0.15) is 39.7 Å². The topological polar surface area (TPSA) is 47.3 Å². The average molecular weight is 250 g/mol. The summed E-state index contributed by atoms with van der Waals surface area (Å²) in [5.74, 6) is 0.796. The van der Waals surface area contributed by atoms with Gasteiger partial charge in [0.05, 0.1) is 12.3 Å². The molecular weight excluding hydrogens is 224 g/mol. The fourth-order valence-corrected chi connectivity index (χ4v) is 1.68. The zero-order valence-electron chi connectivity index (χ0n) is 12.0. The van der Waals surface area contributed by atoms with Crippen molar-refractivity contribution >= 4 is 5.69 Å². The predicted molar refractivity (Wildman–Crippen MR) is 78.1 cm³/mol. The molecule has 0 bridgehead atoms. The van der Waals surface area contributed by atoms with Crippen LogP contribution in [0.2, 0.25) is 0 Å². The van der Waals surface area contributed by atoms with Gasteiger partial charge in [0.1, 0.15) is 5.75 Å². The number of hydrogen-bond donors (Lipinski definition) is 2. The predicted octanol–water partition coefficient (Wildman–Crippen LogP) is 2.99. The highest BCUT2D eigenvalue weighted by molar-refractivity contribution is 5.54. The Kier molecular flexibility index (Phi) is 5.48. The van der Waals surface area contributed by atoms with Gasteiger partial charge in [0.2, 0.25) is 0 Å². The summed E-state index contributed by atoms with van der Waals surface area (Å²) in [6.45, 7) is 10.3. The number of ether oxygens (including phenoxy) is 1. The van der Waals surface area contributed by atoms with Crippen LogP contribution in [0, 0.1) is 0 Å². The van der Waals surface area contributed by atoms with E-state index in [0.717, 1.165) is 37.4 Å². The summed E-state index contributed by atoms with van der Waals surface area (Å²) in [4.78, 5) is 0. The molecule has 0 radical (unpaired) electrons. The van der Waals surface area contributed by atoms with Gasteiger partial charge in [-0.1, -0.05) is 13.0 Å². The number of benzene rings is 1. The van der Waals surface area contributed by atoms with Crippen molar-refractivity contribution in [2.45, 2.75) is 46.1 Å². The van der Waals surface area contributed by atoms with E-state index in [0.29, 0.717) is 0 Å². The second-order valence-electron chi connectivity index (χ2n) is 5.65. The third-order valence-electron chi connectivity index (χ3n) is 2.60. The van der Waals surface area contributed by atoms with Crippen LogP contribution in [-0.2, 0) is 6.42 Å². The number of nitrogens with two attached hydrogens (primary N) is 1. The summed E-state index contributed by atoms with van der Waals surface area (Å²) >= 11 is 0. The number of nitrogens with one attached hydrogen (secondary N) is 1. The molecule has 0 aliphatic heterocycles. The maximum atomic E-state index is 5.97. The molecule has 0 aromatic heterocycles. The van der Waals surface area contributed by atoms with E-state index in [1.54, 1.807) is 0 Å². The smallest absolute Gasteiger partial charge is 0.142 e. The molecule has 0 saturated carbocycles. The van der Waals surface area contributed by atoms with Gasteiger partial charge in [-0.25, -0.2) is 0 Å². The van der Waals surface area contributed by atoms with Crippen molar-refractivity contribution in [1.29, 1.82) is 0 Å². The van der Waals surface area contributed by atoms with Crippen molar-refractivity contribution in [3.63, 3.8) is 0 Å². The first-order valence-electron chi connectivity index (χ1n) is 6.68. The molecule has 1 aromatic rings. The van der Waals surface area contributed by atoms with Crippen LogP contribution in [0.15, 0.2) is 18.2 Å². The minimum Gasteiger partial charge on any atom is -0.491 e. The maximum Gasteiger partial charge on any atom is 0.142 e. The van der Waals surface area contributed by atoms with Crippen molar-refractivity contribution in [3.8, 4) is 5.75 Å². The highest BCUT2D eigenvalue weighted by Gasteiger charge is 2.08. The van der Waals surface area contributed by atoms with E-state index in [9.17, 15) is 0 Å². The van der Waals surface area contributed by atoms with Gasteiger partial charge in [0.25, 0.3) is 0 Å². The lowest BCUT2D eigenvalue weighted by Crippen LogP contribution is -2.37. The van der Waals surface area contributed by atoms with E-state index in [-0.39, 0.29) is 5.54 Å². The normalized spacial score (nSPS) is 11.6. The molecule has 0 heterocycles. The van der Waals surface area contributed by atoms with Crippen LogP contribution >= 0.6 is 0 Å². The molecule has 0 aliphatic carbocycles. The van der Waals surface area contributed by atoms with E-state index in [4.69, 9.17) is 10.5 Å². The summed E-state index contributed by atoms with van der Waals surface area (Å²) in [6.07, 6.45) is 1.98. The SMILES string of the molecule is CCCOc1ccc(CCNC(C)(C)C)cc1N. The number of hydrogen-bond acceptors (Lipinski definition) is 3. The zero-order chi connectivity index (χ0) is 13.6. The maximum absolute atomic E-state index is 5.97. The second-order valence-corrected chi connectivity index (χ2v) is 5.65. The minimum absolute atomic E-state index is 0.162. The molecule has 18 heavy (non-hydrogen) atoms. The van der Waals surface area contributed by atoms with Gasteiger partial charge in [-0.15, -0.1) is 0 Å². The highest BCUT2D eigenvalue weighted by Crippen LogP contribution is 2.22. The molecule has 1 rings (SSSR count). The van der Waals surface area contributed by atoms with E-state index in [2.05, 4.69) is 39.1 Å². The average Bonchev–Trinajstić information content (AvgIpc) is 2.26. The summed E-state index contributed by atoms with van der Waals surface area (Å²) in [5.41, 5.74) is 8.11.